The number of nitrogens with zero attached hydrogens (tertiary/aromatic N) is 2. The summed E-state index contributed by atoms with van der Waals surface area (Å²) in [5.74, 6) is -0.0212. The van der Waals surface area contributed by atoms with Crippen LogP contribution in [0.15, 0.2) is 16.5 Å². The summed E-state index contributed by atoms with van der Waals surface area (Å²) in [5.41, 5.74) is 0. The van der Waals surface area contributed by atoms with Gasteiger partial charge in [0.05, 0.1) is 16.7 Å². The van der Waals surface area contributed by atoms with Crippen LogP contribution >= 0.6 is 34.4 Å². The summed E-state index contributed by atoms with van der Waals surface area (Å²) < 4.78 is 0.764. The molecule has 0 aliphatic heterocycles. The topological polar surface area (TPSA) is 84.0 Å². The molecule has 22 heavy (non-hydrogen) atoms. The van der Waals surface area contributed by atoms with E-state index < -0.39 is 0 Å². The SMILES string of the molecule is CNc1nnc(S[C@H](C)C(=O)c2ccc(CNC(C)=O)s2)s1. The van der Waals surface area contributed by atoms with E-state index in [1.807, 2.05) is 13.0 Å². The van der Waals surface area contributed by atoms with Crippen LogP contribution in [0.4, 0.5) is 5.13 Å². The van der Waals surface area contributed by atoms with Crippen molar-refractivity contribution in [1.82, 2.24) is 15.5 Å². The molecule has 2 rings (SSSR count). The molecule has 1 amide bonds. The quantitative estimate of drug-likeness (QED) is 0.586. The van der Waals surface area contributed by atoms with Gasteiger partial charge in [-0.3, -0.25) is 9.59 Å². The maximum absolute atomic E-state index is 12.4. The first-order valence-corrected chi connectivity index (χ1v) is 9.06. The monoisotopic (exact) mass is 356 g/mol. The molecule has 2 N–H and O–H groups in total. The Hall–Kier alpha value is -1.45. The van der Waals surface area contributed by atoms with Crippen LogP contribution < -0.4 is 10.6 Å². The van der Waals surface area contributed by atoms with Gasteiger partial charge in [-0.2, -0.15) is 0 Å². The van der Waals surface area contributed by atoms with Gasteiger partial charge in [0.2, 0.25) is 11.0 Å². The number of anilines is 1. The first-order valence-electron chi connectivity index (χ1n) is 6.55. The summed E-state index contributed by atoms with van der Waals surface area (Å²) in [4.78, 5) is 25.0. The van der Waals surface area contributed by atoms with Crippen molar-refractivity contribution in [3.8, 4) is 0 Å². The third-order valence-corrected chi connectivity index (χ3v) is 5.91. The lowest BCUT2D eigenvalue weighted by Gasteiger charge is -2.05. The Labute approximate surface area is 140 Å². The van der Waals surface area contributed by atoms with Gasteiger partial charge in [0.1, 0.15) is 0 Å². The lowest BCUT2D eigenvalue weighted by Crippen LogP contribution is -2.18. The average molecular weight is 356 g/mol. The molecular weight excluding hydrogens is 340 g/mol. The van der Waals surface area contributed by atoms with Crippen molar-refractivity contribution in [2.45, 2.75) is 30.0 Å². The van der Waals surface area contributed by atoms with E-state index in [4.69, 9.17) is 0 Å². The van der Waals surface area contributed by atoms with E-state index in [0.717, 1.165) is 14.3 Å². The smallest absolute Gasteiger partial charge is 0.217 e. The van der Waals surface area contributed by atoms with E-state index in [1.54, 1.807) is 13.1 Å². The number of nitrogens with one attached hydrogen (secondary N) is 2. The van der Waals surface area contributed by atoms with Gasteiger partial charge in [-0.25, -0.2) is 0 Å². The number of ketones is 1. The van der Waals surface area contributed by atoms with Crippen molar-refractivity contribution in [3.63, 3.8) is 0 Å². The van der Waals surface area contributed by atoms with Crippen molar-refractivity contribution >= 4 is 51.3 Å². The van der Waals surface area contributed by atoms with E-state index >= 15 is 0 Å². The third kappa shape index (κ3) is 4.52. The van der Waals surface area contributed by atoms with Crippen LogP contribution in [0.5, 0.6) is 0 Å². The zero-order chi connectivity index (χ0) is 16.1. The van der Waals surface area contributed by atoms with Crippen molar-refractivity contribution in [3.05, 3.63) is 21.9 Å². The minimum absolute atomic E-state index is 0.0604. The highest BCUT2D eigenvalue weighted by Gasteiger charge is 2.20. The van der Waals surface area contributed by atoms with Crippen LogP contribution in [0.1, 0.15) is 28.4 Å². The number of carbonyl (C=O) groups excluding carboxylic acids is 2. The summed E-state index contributed by atoms with van der Waals surface area (Å²) in [7, 11) is 1.78. The first-order chi connectivity index (χ1) is 10.5. The van der Waals surface area contributed by atoms with Crippen molar-refractivity contribution < 1.29 is 9.59 Å². The second-order valence-electron chi connectivity index (χ2n) is 4.42. The number of carbonyl (C=O) groups is 2. The molecule has 0 unspecified atom stereocenters. The minimum Gasteiger partial charge on any atom is -0.363 e. The van der Waals surface area contributed by atoms with Gasteiger partial charge >= 0.3 is 0 Å². The average Bonchev–Trinajstić information content (AvgIpc) is 3.13. The Morgan fingerprint density at radius 2 is 2.09 bits per heavy atom. The number of amides is 1. The lowest BCUT2D eigenvalue weighted by molar-refractivity contribution is -0.119. The number of thioether (sulfide) groups is 1. The highest BCUT2D eigenvalue weighted by Crippen LogP contribution is 2.31. The highest BCUT2D eigenvalue weighted by molar-refractivity contribution is 8.02. The summed E-state index contributed by atoms with van der Waals surface area (Å²) in [6.45, 7) is 3.79. The number of Topliss-reactive ketones (excluding diaryl/α,β-unsaturated/α-hetero) is 1. The molecule has 0 saturated heterocycles. The number of rotatable bonds is 7. The van der Waals surface area contributed by atoms with E-state index in [9.17, 15) is 9.59 Å². The summed E-state index contributed by atoms with van der Waals surface area (Å²) in [6.07, 6.45) is 0. The van der Waals surface area contributed by atoms with Crippen LogP contribution in [-0.4, -0.2) is 34.2 Å². The Morgan fingerprint density at radius 3 is 2.73 bits per heavy atom. The van der Waals surface area contributed by atoms with Gasteiger partial charge in [-0.15, -0.1) is 21.5 Å². The fourth-order valence-corrected chi connectivity index (χ4v) is 4.55. The maximum Gasteiger partial charge on any atom is 0.217 e. The van der Waals surface area contributed by atoms with Crippen LogP contribution in [0.2, 0.25) is 0 Å². The molecule has 0 fully saturated rings. The number of thiophene rings is 1. The molecule has 1 atom stereocenters. The molecule has 2 aromatic heterocycles. The molecule has 0 aliphatic rings. The number of aromatic nitrogens is 2. The number of hydrogen-bond donors (Lipinski definition) is 2. The van der Waals surface area contributed by atoms with E-state index in [0.29, 0.717) is 11.4 Å². The minimum atomic E-state index is -0.232. The van der Waals surface area contributed by atoms with Gasteiger partial charge in [0.15, 0.2) is 10.1 Å². The zero-order valence-electron chi connectivity index (χ0n) is 12.4. The Kier molecular flexibility index (Phi) is 5.92. The largest absolute Gasteiger partial charge is 0.363 e. The molecule has 0 aromatic carbocycles. The molecule has 6 nitrogen and oxygen atoms in total. The van der Waals surface area contributed by atoms with Gasteiger partial charge < -0.3 is 10.6 Å². The van der Waals surface area contributed by atoms with Crippen LogP contribution in [0.3, 0.4) is 0 Å². The van der Waals surface area contributed by atoms with Crippen LogP contribution in [0, 0.1) is 0 Å². The van der Waals surface area contributed by atoms with Crippen molar-refractivity contribution in [2.24, 2.45) is 0 Å². The molecule has 9 heteroatoms. The van der Waals surface area contributed by atoms with Gasteiger partial charge in [-0.1, -0.05) is 23.1 Å². The summed E-state index contributed by atoms with van der Waals surface area (Å²) in [5, 5.41) is 14.1. The standard InChI is InChI=1S/C13H16N4O2S3/c1-7(20-13-17-16-12(14-3)22-13)11(19)10-5-4-9(21-10)6-15-8(2)18/h4-5,7H,6H2,1-3H3,(H,14,16)(H,15,18)/t7-/m1/s1. The van der Waals surface area contributed by atoms with Crippen molar-refractivity contribution in [1.29, 1.82) is 0 Å². The zero-order valence-corrected chi connectivity index (χ0v) is 14.8. The molecular formula is C13H16N4O2S3. The van der Waals surface area contributed by atoms with E-state index in [1.165, 1.54) is 41.4 Å². The molecule has 0 spiro atoms. The molecule has 0 aliphatic carbocycles. The Balaban J connectivity index is 1.96. The van der Waals surface area contributed by atoms with Crippen LogP contribution in [0.25, 0.3) is 0 Å². The molecule has 2 heterocycles. The molecule has 0 radical (unpaired) electrons. The van der Waals surface area contributed by atoms with Crippen molar-refractivity contribution in [2.75, 3.05) is 12.4 Å². The fourth-order valence-electron chi connectivity index (χ4n) is 1.58. The molecule has 0 saturated carbocycles. The predicted octanol–water partition coefficient (Wildman–Crippen LogP) is 2.64. The first kappa shape index (κ1) is 16.9. The molecule has 2 aromatic rings. The van der Waals surface area contributed by atoms with Gasteiger partial charge in [0, 0.05) is 18.8 Å². The van der Waals surface area contributed by atoms with Crippen LogP contribution in [-0.2, 0) is 11.3 Å². The summed E-state index contributed by atoms with van der Waals surface area (Å²) >= 11 is 4.24. The van der Waals surface area contributed by atoms with E-state index in [-0.39, 0.29) is 16.9 Å². The van der Waals surface area contributed by atoms with Gasteiger partial charge in [0.25, 0.3) is 0 Å². The van der Waals surface area contributed by atoms with Gasteiger partial charge in [-0.05, 0) is 19.1 Å². The Bertz CT molecular complexity index is 668. The molecule has 0 bridgehead atoms. The predicted molar refractivity (Wildman–Crippen MR) is 90.9 cm³/mol. The number of hydrogen-bond acceptors (Lipinski definition) is 8. The van der Waals surface area contributed by atoms with E-state index in [2.05, 4.69) is 20.8 Å². The fraction of sp³-hybridized carbons (Fsp3) is 0.385. The third-order valence-electron chi connectivity index (χ3n) is 2.68. The summed E-state index contributed by atoms with van der Waals surface area (Å²) in [6, 6.07) is 3.68. The lowest BCUT2D eigenvalue weighted by atomic mass is 10.2. The molecule has 118 valence electrons. The normalized spacial score (nSPS) is 12.0. The Morgan fingerprint density at radius 1 is 1.32 bits per heavy atom. The second kappa shape index (κ2) is 7.70. The second-order valence-corrected chi connectivity index (χ2v) is 8.16. The maximum atomic E-state index is 12.4. The highest BCUT2D eigenvalue weighted by atomic mass is 32.2.